The van der Waals surface area contributed by atoms with E-state index in [2.05, 4.69) is 5.32 Å². The van der Waals surface area contributed by atoms with Gasteiger partial charge >= 0.3 is 0 Å². The fraction of sp³-hybridized carbons (Fsp3) is 0.600. The molecule has 1 atom stereocenters. The Morgan fingerprint density at radius 1 is 1.16 bits per heavy atom. The fourth-order valence-corrected chi connectivity index (χ4v) is 2.02. The van der Waals surface area contributed by atoms with E-state index in [-0.39, 0.29) is 5.82 Å². The van der Waals surface area contributed by atoms with Crippen molar-refractivity contribution in [3.63, 3.8) is 0 Å². The molecular weight excluding hydrogens is 245 g/mol. The Bertz CT molecular complexity index is 347. The van der Waals surface area contributed by atoms with Gasteiger partial charge in [-0.2, -0.15) is 0 Å². The molecule has 0 bridgehead atoms. The van der Waals surface area contributed by atoms with Gasteiger partial charge in [0.1, 0.15) is 5.82 Å². The smallest absolute Gasteiger partial charge is 0.126 e. The van der Waals surface area contributed by atoms with Gasteiger partial charge in [-0.25, -0.2) is 4.39 Å². The molecule has 1 unspecified atom stereocenters. The number of ether oxygens (including phenoxy) is 2. The molecule has 0 aromatic heterocycles. The Balaban J connectivity index is 2.46. The zero-order valence-corrected chi connectivity index (χ0v) is 11.8. The predicted molar refractivity (Wildman–Crippen MR) is 74.8 cm³/mol. The van der Waals surface area contributed by atoms with Crippen molar-refractivity contribution < 1.29 is 13.9 Å². The first kappa shape index (κ1) is 16.1. The summed E-state index contributed by atoms with van der Waals surface area (Å²) in [6.45, 7) is 3.06. The van der Waals surface area contributed by atoms with Crippen molar-refractivity contribution in [1.29, 1.82) is 0 Å². The molecule has 0 spiro atoms. The monoisotopic (exact) mass is 269 g/mol. The first-order chi connectivity index (χ1) is 9.27. The van der Waals surface area contributed by atoms with Crippen LogP contribution in [0.3, 0.4) is 0 Å². The summed E-state index contributed by atoms with van der Waals surface area (Å²) in [6.07, 6.45) is 1.65. The number of hydrogen-bond acceptors (Lipinski definition) is 3. The highest BCUT2D eigenvalue weighted by Crippen LogP contribution is 2.15. The quantitative estimate of drug-likeness (QED) is 0.661. The number of halogens is 1. The first-order valence-electron chi connectivity index (χ1n) is 6.70. The van der Waals surface area contributed by atoms with Gasteiger partial charge in [-0.1, -0.05) is 18.2 Å². The summed E-state index contributed by atoms with van der Waals surface area (Å²) in [5, 5.41) is 3.33. The largest absolute Gasteiger partial charge is 0.385 e. The zero-order valence-electron chi connectivity index (χ0n) is 11.8. The molecule has 1 N–H and O–H groups in total. The van der Waals surface area contributed by atoms with Crippen LogP contribution in [-0.4, -0.2) is 40.5 Å². The molecule has 0 heterocycles. The van der Waals surface area contributed by atoms with Crippen LogP contribution in [0.15, 0.2) is 24.3 Å². The highest BCUT2D eigenvalue weighted by atomic mass is 19.1. The van der Waals surface area contributed by atoms with Crippen molar-refractivity contribution in [3.05, 3.63) is 35.6 Å². The average Bonchev–Trinajstić information content (AvgIpc) is 2.43. The lowest BCUT2D eigenvalue weighted by atomic mass is 9.96. The van der Waals surface area contributed by atoms with Crippen molar-refractivity contribution in [2.45, 2.75) is 12.8 Å². The first-order valence-corrected chi connectivity index (χ1v) is 6.70. The van der Waals surface area contributed by atoms with Gasteiger partial charge in [0.25, 0.3) is 0 Å². The molecule has 0 saturated heterocycles. The number of methoxy groups -OCH3 is 2. The van der Waals surface area contributed by atoms with E-state index >= 15 is 0 Å². The second kappa shape index (κ2) is 9.89. The predicted octanol–water partition coefficient (Wildman–Crippen LogP) is 2.26. The molecule has 0 amide bonds. The van der Waals surface area contributed by atoms with Gasteiger partial charge in [0, 0.05) is 27.4 Å². The van der Waals surface area contributed by atoms with Crippen molar-refractivity contribution in [2.75, 3.05) is 40.5 Å². The maximum atomic E-state index is 13.6. The number of nitrogens with one attached hydrogen (secondary N) is 1. The van der Waals surface area contributed by atoms with Crippen molar-refractivity contribution >= 4 is 0 Å². The van der Waals surface area contributed by atoms with Crippen LogP contribution >= 0.6 is 0 Å². The van der Waals surface area contributed by atoms with Gasteiger partial charge in [0.15, 0.2) is 0 Å². The molecule has 3 nitrogen and oxygen atoms in total. The van der Waals surface area contributed by atoms with E-state index in [9.17, 15) is 4.39 Å². The summed E-state index contributed by atoms with van der Waals surface area (Å²) in [6, 6.07) is 6.97. The van der Waals surface area contributed by atoms with E-state index in [4.69, 9.17) is 9.47 Å². The molecule has 0 aliphatic heterocycles. The molecule has 108 valence electrons. The van der Waals surface area contributed by atoms with Crippen molar-refractivity contribution in [3.8, 4) is 0 Å². The molecule has 0 saturated carbocycles. The van der Waals surface area contributed by atoms with Crippen LogP contribution in [0.4, 0.5) is 4.39 Å². The van der Waals surface area contributed by atoms with E-state index in [0.717, 1.165) is 31.5 Å². The Hall–Kier alpha value is -0.970. The summed E-state index contributed by atoms with van der Waals surface area (Å²) in [4.78, 5) is 0. The molecule has 4 heteroatoms. The standard InChI is InChI=1S/C15H24FNO2/c1-18-9-7-13(12-17-8-10-19-2)11-14-5-3-4-6-15(14)16/h3-6,13,17H,7-12H2,1-2H3. The van der Waals surface area contributed by atoms with Gasteiger partial charge in [-0.05, 0) is 36.9 Å². The molecular formula is C15H24FNO2. The van der Waals surface area contributed by atoms with Crippen LogP contribution in [0.1, 0.15) is 12.0 Å². The van der Waals surface area contributed by atoms with E-state index in [1.807, 2.05) is 12.1 Å². The van der Waals surface area contributed by atoms with Gasteiger partial charge in [0.05, 0.1) is 6.61 Å². The summed E-state index contributed by atoms with van der Waals surface area (Å²) in [5.41, 5.74) is 0.775. The van der Waals surface area contributed by atoms with E-state index in [1.165, 1.54) is 6.07 Å². The van der Waals surface area contributed by atoms with Crippen molar-refractivity contribution in [2.24, 2.45) is 5.92 Å². The summed E-state index contributed by atoms with van der Waals surface area (Å²) in [5.74, 6) is 0.246. The lowest BCUT2D eigenvalue weighted by Crippen LogP contribution is -2.28. The van der Waals surface area contributed by atoms with Crippen molar-refractivity contribution in [1.82, 2.24) is 5.32 Å². The van der Waals surface area contributed by atoms with Crippen LogP contribution in [0.25, 0.3) is 0 Å². The van der Waals surface area contributed by atoms with Crippen LogP contribution in [0.5, 0.6) is 0 Å². The summed E-state index contributed by atoms with van der Waals surface area (Å²) < 4.78 is 23.8. The minimum atomic E-state index is -0.123. The van der Waals surface area contributed by atoms with Gasteiger partial charge < -0.3 is 14.8 Å². The lowest BCUT2D eigenvalue weighted by Gasteiger charge is -2.17. The Labute approximate surface area is 115 Å². The fourth-order valence-electron chi connectivity index (χ4n) is 2.02. The molecule has 0 fully saturated rings. The van der Waals surface area contributed by atoms with Crippen LogP contribution in [-0.2, 0) is 15.9 Å². The Kier molecular flexibility index (Phi) is 8.38. The number of rotatable bonds is 10. The van der Waals surface area contributed by atoms with E-state index in [0.29, 0.717) is 19.1 Å². The van der Waals surface area contributed by atoms with E-state index in [1.54, 1.807) is 20.3 Å². The molecule has 1 aromatic carbocycles. The van der Waals surface area contributed by atoms with Crippen LogP contribution in [0.2, 0.25) is 0 Å². The maximum Gasteiger partial charge on any atom is 0.126 e. The second-order valence-corrected chi connectivity index (χ2v) is 4.64. The van der Waals surface area contributed by atoms with Gasteiger partial charge in [-0.15, -0.1) is 0 Å². The van der Waals surface area contributed by atoms with Crippen LogP contribution < -0.4 is 5.32 Å². The highest BCUT2D eigenvalue weighted by molar-refractivity contribution is 5.17. The molecule has 1 rings (SSSR count). The minimum Gasteiger partial charge on any atom is -0.385 e. The topological polar surface area (TPSA) is 30.5 Å². The second-order valence-electron chi connectivity index (χ2n) is 4.64. The molecule has 19 heavy (non-hydrogen) atoms. The SMILES string of the molecule is COCCNCC(CCOC)Cc1ccccc1F. The number of hydrogen-bond donors (Lipinski definition) is 1. The summed E-state index contributed by atoms with van der Waals surface area (Å²) >= 11 is 0. The molecule has 0 aliphatic rings. The Morgan fingerprint density at radius 2 is 1.89 bits per heavy atom. The third kappa shape index (κ3) is 6.66. The van der Waals surface area contributed by atoms with Crippen LogP contribution in [0, 0.1) is 11.7 Å². The average molecular weight is 269 g/mol. The maximum absolute atomic E-state index is 13.6. The number of benzene rings is 1. The minimum absolute atomic E-state index is 0.123. The molecule has 0 radical (unpaired) electrons. The zero-order chi connectivity index (χ0) is 13.9. The lowest BCUT2D eigenvalue weighted by molar-refractivity contribution is 0.172. The molecule has 0 aliphatic carbocycles. The third-order valence-corrected chi connectivity index (χ3v) is 3.11. The Morgan fingerprint density at radius 3 is 2.58 bits per heavy atom. The van der Waals surface area contributed by atoms with Gasteiger partial charge in [0.2, 0.25) is 0 Å². The van der Waals surface area contributed by atoms with Gasteiger partial charge in [-0.3, -0.25) is 0 Å². The third-order valence-electron chi connectivity index (χ3n) is 3.11. The highest BCUT2D eigenvalue weighted by Gasteiger charge is 2.12. The normalized spacial score (nSPS) is 12.6. The summed E-state index contributed by atoms with van der Waals surface area (Å²) in [7, 11) is 3.38. The van der Waals surface area contributed by atoms with E-state index < -0.39 is 0 Å². The molecule has 1 aromatic rings.